The molecular formula is C17H26N2O3S. The van der Waals surface area contributed by atoms with Crippen LogP contribution in [0.5, 0.6) is 5.75 Å². The van der Waals surface area contributed by atoms with Gasteiger partial charge in [-0.1, -0.05) is 12.1 Å². The fraction of sp³-hybridized carbons (Fsp3) is 0.647. The molecule has 0 bridgehead atoms. The second-order valence-electron chi connectivity index (χ2n) is 6.83. The lowest BCUT2D eigenvalue weighted by molar-refractivity contribution is 0.0841. The molecule has 2 saturated heterocycles. The molecule has 1 spiro atoms. The van der Waals surface area contributed by atoms with Gasteiger partial charge < -0.3 is 4.74 Å². The van der Waals surface area contributed by atoms with E-state index in [1.807, 2.05) is 12.1 Å². The Morgan fingerprint density at radius 2 is 1.96 bits per heavy atom. The predicted octanol–water partition coefficient (Wildman–Crippen LogP) is 2.09. The molecule has 3 rings (SSSR count). The SMILES string of the molecule is COc1cccc(CN2CCCC3(CCCN3S(C)(=O)=O)C2)c1. The molecule has 2 fully saturated rings. The van der Waals surface area contributed by atoms with E-state index in [-0.39, 0.29) is 5.54 Å². The summed E-state index contributed by atoms with van der Waals surface area (Å²) < 4.78 is 31.3. The summed E-state index contributed by atoms with van der Waals surface area (Å²) in [5.74, 6) is 0.868. The summed E-state index contributed by atoms with van der Waals surface area (Å²) in [6.07, 6.45) is 5.33. The van der Waals surface area contributed by atoms with Crippen molar-refractivity contribution in [2.45, 2.75) is 37.8 Å². The van der Waals surface area contributed by atoms with Crippen molar-refractivity contribution < 1.29 is 13.2 Å². The smallest absolute Gasteiger partial charge is 0.211 e. The van der Waals surface area contributed by atoms with Crippen LogP contribution in [-0.2, 0) is 16.6 Å². The lowest BCUT2D eigenvalue weighted by atomic mass is 9.87. The maximum absolute atomic E-state index is 12.1. The Morgan fingerprint density at radius 3 is 2.65 bits per heavy atom. The van der Waals surface area contributed by atoms with Crippen molar-refractivity contribution >= 4 is 10.0 Å². The molecule has 2 aliphatic rings. The molecule has 5 nitrogen and oxygen atoms in total. The van der Waals surface area contributed by atoms with Gasteiger partial charge in [-0.05, 0) is 49.9 Å². The van der Waals surface area contributed by atoms with Crippen molar-refractivity contribution in [2.24, 2.45) is 0 Å². The van der Waals surface area contributed by atoms with E-state index in [0.29, 0.717) is 6.54 Å². The van der Waals surface area contributed by atoms with Crippen molar-refractivity contribution in [2.75, 3.05) is 33.0 Å². The number of hydrogen-bond acceptors (Lipinski definition) is 4. The summed E-state index contributed by atoms with van der Waals surface area (Å²) in [6, 6.07) is 8.12. The van der Waals surface area contributed by atoms with Crippen LogP contribution in [0.1, 0.15) is 31.2 Å². The zero-order valence-electron chi connectivity index (χ0n) is 14.0. The van der Waals surface area contributed by atoms with Crippen LogP contribution in [0.15, 0.2) is 24.3 Å². The number of benzene rings is 1. The maximum Gasteiger partial charge on any atom is 0.211 e. The third-order valence-electron chi connectivity index (χ3n) is 5.11. The Hall–Kier alpha value is -1.11. The van der Waals surface area contributed by atoms with Gasteiger partial charge in [0.2, 0.25) is 10.0 Å². The Balaban J connectivity index is 1.75. The van der Waals surface area contributed by atoms with E-state index in [0.717, 1.165) is 51.1 Å². The minimum absolute atomic E-state index is 0.190. The molecular weight excluding hydrogens is 312 g/mol. The molecule has 2 aliphatic heterocycles. The first kappa shape index (κ1) is 16.7. The summed E-state index contributed by atoms with van der Waals surface area (Å²) in [5.41, 5.74) is 1.02. The molecule has 128 valence electrons. The van der Waals surface area contributed by atoms with Crippen LogP contribution in [0.2, 0.25) is 0 Å². The second kappa shape index (κ2) is 6.42. The van der Waals surface area contributed by atoms with Crippen molar-refractivity contribution in [1.82, 2.24) is 9.21 Å². The van der Waals surface area contributed by atoms with Gasteiger partial charge in [0.15, 0.2) is 0 Å². The first-order valence-electron chi connectivity index (χ1n) is 8.26. The number of likely N-dealkylation sites (tertiary alicyclic amines) is 1. The number of piperidine rings is 1. The van der Waals surface area contributed by atoms with Crippen LogP contribution in [0.4, 0.5) is 0 Å². The Morgan fingerprint density at radius 1 is 1.22 bits per heavy atom. The third kappa shape index (κ3) is 3.54. The average molecular weight is 338 g/mol. The van der Waals surface area contributed by atoms with E-state index in [4.69, 9.17) is 4.74 Å². The van der Waals surface area contributed by atoms with E-state index < -0.39 is 10.0 Å². The fourth-order valence-corrected chi connectivity index (χ4v) is 5.61. The molecule has 0 amide bonds. The van der Waals surface area contributed by atoms with Crippen LogP contribution in [0.25, 0.3) is 0 Å². The van der Waals surface area contributed by atoms with Crippen LogP contribution in [0, 0.1) is 0 Å². The van der Waals surface area contributed by atoms with Gasteiger partial charge in [-0.2, -0.15) is 4.31 Å². The second-order valence-corrected chi connectivity index (χ2v) is 8.74. The first-order chi connectivity index (χ1) is 10.9. The lowest BCUT2D eigenvalue weighted by Gasteiger charge is -2.45. The number of sulfonamides is 1. The van der Waals surface area contributed by atoms with Gasteiger partial charge in [0.25, 0.3) is 0 Å². The quantitative estimate of drug-likeness (QED) is 0.843. The Labute approximate surface area is 139 Å². The van der Waals surface area contributed by atoms with E-state index in [1.165, 1.54) is 11.8 Å². The molecule has 1 aromatic carbocycles. The van der Waals surface area contributed by atoms with Gasteiger partial charge in [0, 0.05) is 25.2 Å². The van der Waals surface area contributed by atoms with E-state index in [2.05, 4.69) is 17.0 Å². The lowest BCUT2D eigenvalue weighted by Crippen LogP contribution is -2.56. The molecule has 1 aromatic rings. The summed E-state index contributed by atoms with van der Waals surface area (Å²) in [4.78, 5) is 2.39. The highest BCUT2D eigenvalue weighted by Crippen LogP contribution is 2.39. The van der Waals surface area contributed by atoms with Crippen molar-refractivity contribution in [3.63, 3.8) is 0 Å². The molecule has 1 atom stereocenters. The molecule has 0 aliphatic carbocycles. The zero-order valence-corrected chi connectivity index (χ0v) is 14.8. The average Bonchev–Trinajstić information content (AvgIpc) is 2.90. The Bertz CT molecular complexity index is 662. The van der Waals surface area contributed by atoms with Crippen molar-refractivity contribution in [3.8, 4) is 5.75 Å². The molecule has 0 N–H and O–H groups in total. The number of methoxy groups -OCH3 is 1. The highest BCUT2D eigenvalue weighted by atomic mass is 32.2. The molecule has 0 saturated carbocycles. The number of rotatable bonds is 4. The van der Waals surface area contributed by atoms with Gasteiger partial charge in [-0.15, -0.1) is 0 Å². The minimum atomic E-state index is -3.13. The van der Waals surface area contributed by atoms with Gasteiger partial charge in [0.05, 0.1) is 13.4 Å². The van der Waals surface area contributed by atoms with Crippen LogP contribution in [-0.4, -0.2) is 56.2 Å². The van der Waals surface area contributed by atoms with E-state index >= 15 is 0 Å². The molecule has 2 heterocycles. The normalized spacial score (nSPS) is 26.7. The highest BCUT2D eigenvalue weighted by Gasteiger charge is 2.47. The minimum Gasteiger partial charge on any atom is -0.497 e. The zero-order chi connectivity index (χ0) is 16.5. The van der Waals surface area contributed by atoms with Gasteiger partial charge in [-0.3, -0.25) is 4.90 Å². The maximum atomic E-state index is 12.1. The molecule has 23 heavy (non-hydrogen) atoms. The van der Waals surface area contributed by atoms with Gasteiger partial charge >= 0.3 is 0 Å². The summed E-state index contributed by atoms with van der Waals surface area (Å²) in [7, 11) is -1.45. The third-order valence-corrected chi connectivity index (χ3v) is 6.48. The van der Waals surface area contributed by atoms with Crippen LogP contribution in [0.3, 0.4) is 0 Å². The topological polar surface area (TPSA) is 49.9 Å². The highest BCUT2D eigenvalue weighted by molar-refractivity contribution is 7.88. The Kier molecular flexibility index (Phi) is 4.67. The molecule has 6 heteroatoms. The molecule has 0 aromatic heterocycles. The number of ether oxygens (including phenoxy) is 1. The largest absolute Gasteiger partial charge is 0.497 e. The van der Waals surface area contributed by atoms with Crippen LogP contribution >= 0.6 is 0 Å². The van der Waals surface area contributed by atoms with E-state index in [1.54, 1.807) is 11.4 Å². The number of nitrogens with zero attached hydrogens (tertiary/aromatic N) is 2. The van der Waals surface area contributed by atoms with Gasteiger partial charge in [0.1, 0.15) is 5.75 Å². The number of hydrogen-bond donors (Lipinski definition) is 0. The van der Waals surface area contributed by atoms with E-state index in [9.17, 15) is 8.42 Å². The fourth-order valence-electron chi connectivity index (χ4n) is 4.21. The first-order valence-corrected chi connectivity index (χ1v) is 10.1. The van der Waals surface area contributed by atoms with Crippen LogP contribution < -0.4 is 4.74 Å². The monoisotopic (exact) mass is 338 g/mol. The van der Waals surface area contributed by atoms with Gasteiger partial charge in [-0.25, -0.2) is 8.42 Å². The summed E-state index contributed by atoms with van der Waals surface area (Å²) >= 11 is 0. The molecule has 1 unspecified atom stereocenters. The summed E-state index contributed by atoms with van der Waals surface area (Å²) in [5, 5.41) is 0. The standard InChI is InChI=1S/C17H26N2O3S/c1-22-16-7-3-6-15(12-16)13-18-10-4-8-17(14-18)9-5-11-19(17)23(2,20)21/h3,6-7,12H,4-5,8-11,13-14H2,1-2H3. The predicted molar refractivity (Wildman–Crippen MR) is 91.0 cm³/mol. The van der Waals surface area contributed by atoms with Crippen molar-refractivity contribution in [1.29, 1.82) is 0 Å². The molecule has 0 radical (unpaired) electrons. The summed E-state index contributed by atoms with van der Waals surface area (Å²) in [6.45, 7) is 3.37. The van der Waals surface area contributed by atoms with Crippen molar-refractivity contribution in [3.05, 3.63) is 29.8 Å².